The maximum atomic E-state index is 11.5. The Hall–Kier alpha value is -1.67. The Bertz CT molecular complexity index is 614. The predicted molar refractivity (Wildman–Crippen MR) is 82.5 cm³/mol. The van der Waals surface area contributed by atoms with Gasteiger partial charge in [-0.15, -0.1) is 0 Å². The number of rotatable bonds is 7. The summed E-state index contributed by atoms with van der Waals surface area (Å²) >= 11 is 0. The van der Waals surface area contributed by atoms with Crippen LogP contribution in [-0.4, -0.2) is 51.2 Å². The van der Waals surface area contributed by atoms with Crippen molar-refractivity contribution in [2.24, 2.45) is 0 Å². The molecule has 0 aliphatic rings. The van der Waals surface area contributed by atoms with E-state index < -0.39 is 14.8 Å². The molecule has 0 radical (unpaired) electrons. The molecule has 8 heteroatoms. The molecule has 0 spiro atoms. The average molecular weight is 315 g/mol. The monoisotopic (exact) mass is 315 g/mol. The Morgan fingerprint density at radius 2 is 2.00 bits per heavy atom. The number of nitro benzene ring substituents is 1. The van der Waals surface area contributed by atoms with Crippen molar-refractivity contribution in [3.05, 3.63) is 28.3 Å². The molecular weight excluding hydrogens is 294 g/mol. The largest absolute Gasteiger partial charge is 0.377 e. The summed E-state index contributed by atoms with van der Waals surface area (Å²) in [6.07, 6.45) is 1.84. The standard InChI is InChI=1S/C13H21N3O4S/c1-10(7-8-15(2)3)14-12-6-5-11(21(4,19)20)9-13(12)16(17)18/h5-6,9-10,14H,7-8H2,1-4H3. The smallest absolute Gasteiger partial charge is 0.293 e. The van der Waals surface area contributed by atoms with Gasteiger partial charge in [0, 0.05) is 18.4 Å². The number of nitro groups is 1. The van der Waals surface area contributed by atoms with E-state index in [0.717, 1.165) is 25.3 Å². The van der Waals surface area contributed by atoms with Gasteiger partial charge in [-0.3, -0.25) is 10.1 Å². The minimum absolute atomic E-state index is 0.0372. The third-order valence-electron chi connectivity index (χ3n) is 3.01. The number of nitrogens with zero attached hydrogens (tertiary/aromatic N) is 2. The molecule has 1 unspecified atom stereocenters. The van der Waals surface area contributed by atoms with E-state index in [1.165, 1.54) is 12.1 Å². The van der Waals surface area contributed by atoms with E-state index in [-0.39, 0.29) is 16.6 Å². The summed E-state index contributed by atoms with van der Waals surface area (Å²) < 4.78 is 22.9. The van der Waals surface area contributed by atoms with Gasteiger partial charge in [-0.2, -0.15) is 0 Å². The van der Waals surface area contributed by atoms with E-state index in [0.29, 0.717) is 5.69 Å². The lowest BCUT2D eigenvalue weighted by atomic mass is 10.2. The molecule has 0 fully saturated rings. The third kappa shape index (κ3) is 5.31. The molecule has 118 valence electrons. The van der Waals surface area contributed by atoms with Crippen molar-refractivity contribution < 1.29 is 13.3 Å². The van der Waals surface area contributed by atoms with E-state index in [1.54, 1.807) is 0 Å². The van der Waals surface area contributed by atoms with Crippen LogP contribution in [0.5, 0.6) is 0 Å². The lowest BCUT2D eigenvalue weighted by Gasteiger charge is -2.18. The maximum Gasteiger partial charge on any atom is 0.293 e. The predicted octanol–water partition coefficient (Wildman–Crippen LogP) is 1.75. The fraction of sp³-hybridized carbons (Fsp3) is 0.538. The van der Waals surface area contributed by atoms with Crippen LogP contribution in [0.3, 0.4) is 0 Å². The van der Waals surface area contributed by atoms with E-state index in [4.69, 9.17) is 0 Å². The second-order valence-corrected chi connectivity index (χ2v) is 7.36. The first kappa shape index (κ1) is 17.4. The van der Waals surface area contributed by atoms with E-state index in [2.05, 4.69) is 5.32 Å². The van der Waals surface area contributed by atoms with Crippen molar-refractivity contribution in [2.75, 3.05) is 32.2 Å². The van der Waals surface area contributed by atoms with Crippen LogP contribution in [0.25, 0.3) is 0 Å². The van der Waals surface area contributed by atoms with Crippen molar-refractivity contribution in [1.82, 2.24) is 4.90 Å². The first-order chi connectivity index (χ1) is 9.61. The molecule has 0 saturated heterocycles. The minimum atomic E-state index is -3.46. The summed E-state index contributed by atoms with van der Waals surface area (Å²) in [6.45, 7) is 2.78. The van der Waals surface area contributed by atoms with Gasteiger partial charge in [-0.05, 0) is 46.1 Å². The molecule has 21 heavy (non-hydrogen) atoms. The molecule has 1 aromatic carbocycles. The molecule has 1 N–H and O–H groups in total. The molecule has 0 aliphatic carbocycles. The molecule has 0 heterocycles. The first-order valence-corrected chi connectivity index (χ1v) is 8.40. The quantitative estimate of drug-likeness (QED) is 0.608. The molecule has 7 nitrogen and oxygen atoms in total. The van der Waals surface area contributed by atoms with Gasteiger partial charge in [0.05, 0.1) is 9.82 Å². The van der Waals surface area contributed by atoms with Crippen molar-refractivity contribution in [3.63, 3.8) is 0 Å². The highest BCUT2D eigenvalue weighted by Gasteiger charge is 2.19. The first-order valence-electron chi connectivity index (χ1n) is 6.51. The number of nitrogens with one attached hydrogen (secondary N) is 1. The van der Waals surface area contributed by atoms with Crippen LogP contribution in [0, 0.1) is 10.1 Å². The van der Waals surface area contributed by atoms with Crippen molar-refractivity contribution in [3.8, 4) is 0 Å². The van der Waals surface area contributed by atoms with Gasteiger partial charge in [0.15, 0.2) is 9.84 Å². The lowest BCUT2D eigenvalue weighted by Crippen LogP contribution is -2.23. The normalized spacial score (nSPS) is 13.2. The van der Waals surface area contributed by atoms with Crippen LogP contribution in [0.2, 0.25) is 0 Å². The summed E-state index contributed by atoms with van der Waals surface area (Å²) in [5.74, 6) is 0. The Balaban J connectivity index is 3.00. The van der Waals surface area contributed by atoms with Crippen LogP contribution in [0.4, 0.5) is 11.4 Å². The van der Waals surface area contributed by atoms with Gasteiger partial charge in [0.2, 0.25) is 0 Å². The highest BCUT2D eigenvalue weighted by atomic mass is 32.2. The van der Waals surface area contributed by atoms with Crippen molar-refractivity contribution >= 4 is 21.2 Å². The third-order valence-corrected chi connectivity index (χ3v) is 4.12. The average Bonchev–Trinajstić information content (AvgIpc) is 2.35. The molecule has 1 aromatic rings. The minimum Gasteiger partial charge on any atom is -0.377 e. The highest BCUT2D eigenvalue weighted by molar-refractivity contribution is 7.90. The van der Waals surface area contributed by atoms with Crippen LogP contribution < -0.4 is 5.32 Å². The summed E-state index contributed by atoms with van der Waals surface area (Å²) in [5.41, 5.74) is 0.105. The zero-order valence-corrected chi connectivity index (χ0v) is 13.5. The number of anilines is 1. The maximum absolute atomic E-state index is 11.5. The SMILES string of the molecule is CC(CCN(C)C)Nc1ccc(S(C)(=O)=O)cc1[N+](=O)[O-]. The number of benzene rings is 1. The zero-order chi connectivity index (χ0) is 16.2. The fourth-order valence-corrected chi connectivity index (χ4v) is 2.45. The van der Waals surface area contributed by atoms with Gasteiger partial charge in [-0.1, -0.05) is 0 Å². The van der Waals surface area contributed by atoms with Gasteiger partial charge >= 0.3 is 0 Å². The van der Waals surface area contributed by atoms with Gasteiger partial charge in [-0.25, -0.2) is 8.42 Å². The molecule has 1 atom stereocenters. The van der Waals surface area contributed by atoms with Crippen LogP contribution in [-0.2, 0) is 9.84 Å². The topological polar surface area (TPSA) is 92.6 Å². The Labute approximate surface area is 125 Å². The van der Waals surface area contributed by atoms with Crippen molar-refractivity contribution in [1.29, 1.82) is 0 Å². The van der Waals surface area contributed by atoms with Crippen LogP contribution >= 0.6 is 0 Å². The summed E-state index contributed by atoms with van der Waals surface area (Å²) in [7, 11) is 0.444. The van der Waals surface area contributed by atoms with Crippen molar-refractivity contribution in [2.45, 2.75) is 24.3 Å². The summed E-state index contributed by atoms with van der Waals surface area (Å²) in [6, 6.07) is 3.95. The van der Waals surface area contributed by atoms with E-state index in [9.17, 15) is 18.5 Å². The van der Waals surface area contributed by atoms with Gasteiger partial charge in [0.25, 0.3) is 5.69 Å². The second kappa shape index (κ2) is 6.86. The van der Waals surface area contributed by atoms with Crippen LogP contribution in [0.1, 0.15) is 13.3 Å². The molecule has 0 aromatic heterocycles. The fourth-order valence-electron chi connectivity index (χ4n) is 1.80. The Morgan fingerprint density at radius 3 is 2.48 bits per heavy atom. The molecule has 1 rings (SSSR count). The summed E-state index contributed by atoms with van der Waals surface area (Å²) in [5, 5.41) is 14.2. The Morgan fingerprint density at radius 1 is 1.38 bits per heavy atom. The van der Waals surface area contributed by atoms with Gasteiger partial charge < -0.3 is 10.2 Å². The molecular formula is C13H21N3O4S. The molecule has 0 aliphatic heterocycles. The number of sulfone groups is 1. The lowest BCUT2D eigenvalue weighted by molar-refractivity contribution is -0.384. The molecule has 0 bridgehead atoms. The van der Waals surface area contributed by atoms with Gasteiger partial charge in [0.1, 0.15) is 5.69 Å². The second-order valence-electron chi connectivity index (χ2n) is 5.35. The van der Waals surface area contributed by atoms with Crippen LogP contribution in [0.15, 0.2) is 23.1 Å². The highest BCUT2D eigenvalue weighted by Crippen LogP contribution is 2.28. The number of hydrogen-bond acceptors (Lipinski definition) is 6. The molecule has 0 saturated carbocycles. The number of hydrogen-bond donors (Lipinski definition) is 1. The van der Waals surface area contributed by atoms with E-state index in [1.807, 2.05) is 25.9 Å². The molecule has 0 amide bonds. The summed E-state index contributed by atoms with van der Waals surface area (Å²) in [4.78, 5) is 12.5. The van der Waals surface area contributed by atoms with E-state index >= 15 is 0 Å². The zero-order valence-electron chi connectivity index (χ0n) is 12.7. The Kier molecular flexibility index (Phi) is 5.68.